The molecule has 0 aromatic heterocycles. The Bertz CT molecular complexity index is 204. The number of benzene rings is 1. The standard InChI is InChI=1S/C6H5Br.CHF3S/c7-6-4-2-1-3-5-6;2-1(3,4)5/h1-5H;5H. The van der Waals surface area contributed by atoms with Crippen LogP contribution >= 0.6 is 28.6 Å². The fraction of sp³-hybridized carbons (Fsp3) is 0.143. The van der Waals surface area contributed by atoms with Gasteiger partial charge in [0.25, 0.3) is 0 Å². The van der Waals surface area contributed by atoms with Crippen LogP contribution in [-0.2, 0) is 0 Å². The zero-order chi connectivity index (χ0) is 9.61. The smallest absolute Gasteiger partial charge is 0.161 e. The minimum absolute atomic E-state index is 1.13. The Hall–Kier alpha value is -0.160. The zero-order valence-electron chi connectivity index (χ0n) is 5.85. The molecule has 0 nitrogen and oxygen atoms in total. The Balaban J connectivity index is 0.000000217. The van der Waals surface area contributed by atoms with Crippen LogP contribution < -0.4 is 0 Å². The highest BCUT2D eigenvalue weighted by molar-refractivity contribution is 9.10. The minimum Gasteiger partial charge on any atom is -0.161 e. The Morgan fingerprint density at radius 1 is 1.08 bits per heavy atom. The van der Waals surface area contributed by atoms with E-state index in [0.717, 1.165) is 4.47 Å². The molecule has 0 radical (unpaired) electrons. The summed E-state index contributed by atoms with van der Waals surface area (Å²) in [6.45, 7) is 0. The van der Waals surface area contributed by atoms with E-state index >= 15 is 0 Å². The summed E-state index contributed by atoms with van der Waals surface area (Å²) in [4.78, 5) is 0. The molecule has 0 atom stereocenters. The second-order valence-electron chi connectivity index (χ2n) is 1.76. The van der Waals surface area contributed by atoms with E-state index in [2.05, 4.69) is 28.6 Å². The van der Waals surface area contributed by atoms with Crippen molar-refractivity contribution in [2.24, 2.45) is 0 Å². The van der Waals surface area contributed by atoms with Crippen molar-refractivity contribution in [1.29, 1.82) is 0 Å². The molecule has 0 heterocycles. The van der Waals surface area contributed by atoms with Crippen LogP contribution in [0.15, 0.2) is 34.8 Å². The highest BCUT2D eigenvalue weighted by Crippen LogP contribution is 2.17. The lowest BCUT2D eigenvalue weighted by Gasteiger charge is -1.87. The van der Waals surface area contributed by atoms with Crippen molar-refractivity contribution in [3.05, 3.63) is 34.8 Å². The van der Waals surface area contributed by atoms with Gasteiger partial charge in [-0.3, -0.25) is 0 Å². The molecule has 0 saturated carbocycles. The van der Waals surface area contributed by atoms with Gasteiger partial charge in [0.15, 0.2) is 0 Å². The Kier molecular flexibility index (Phi) is 5.41. The predicted molar refractivity (Wildman–Crippen MR) is 49.2 cm³/mol. The number of halogens is 4. The van der Waals surface area contributed by atoms with Crippen molar-refractivity contribution in [1.82, 2.24) is 0 Å². The quantitative estimate of drug-likeness (QED) is 0.671. The van der Waals surface area contributed by atoms with E-state index in [9.17, 15) is 13.2 Å². The fourth-order valence-electron chi connectivity index (χ4n) is 0.415. The van der Waals surface area contributed by atoms with Crippen molar-refractivity contribution in [3.63, 3.8) is 0 Å². The molecule has 1 aromatic rings. The van der Waals surface area contributed by atoms with Crippen molar-refractivity contribution in [2.45, 2.75) is 5.51 Å². The molecule has 0 aliphatic rings. The zero-order valence-corrected chi connectivity index (χ0v) is 8.33. The lowest BCUT2D eigenvalue weighted by atomic mass is 10.4. The van der Waals surface area contributed by atoms with E-state index < -0.39 is 5.51 Å². The topological polar surface area (TPSA) is 0 Å². The van der Waals surface area contributed by atoms with E-state index in [0.29, 0.717) is 0 Å². The van der Waals surface area contributed by atoms with Crippen molar-refractivity contribution >= 4 is 28.6 Å². The maximum atomic E-state index is 10.2. The van der Waals surface area contributed by atoms with Crippen LogP contribution in [0.3, 0.4) is 0 Å². The molecule has 0 spiro atoms. The molecule has 0 N–H and O–H groups in total. The van der Waals surface area contributed by atoms with Gasteiger partial charge in [-0.25, -0.2) is 0 Å². The second kappa shape index (κ2) is 5.48. The van der Waals surface area contributed by atoms with Crippen LogP contribution in [0.25, 0.3) is 0 Å². The highest BCUT2D eigenvalue weighted by Gasteiger charge is 2.17. The maximum absolute atomic E-state index is 10.2. The van der Waals surface area contributed by atoms with E-state index in [1.807, 2.05) is 30.3 Å². The number of hydrogen-bond acceptors (Lipinski definition) is 1. The predicted octanol–water partition coefficient (Wildman–Crippen LogP) is 3.89. The lowest BCUT2D eigenvalue weighted by molar-refractivity contribution is -0.0303. The van der Waals surface area contributed by atoms with Crippen LogP contribution in [0, 0.1) is 0 Å². The molecule has 0 fully saturated rings. The lowest BCUT2D eigenvalue weighted by Crippen LogP contribution is -1.89. The summed E-state index contributed by atoms with van der Waals surface area (Å²) in [5.41, 5.74) is -4.31. The molecular weight excluding hydrogens is 253 g/mol. The minimum atomic E-state index is -4.31. The first-order valence-electron chi connectivity index (χ1n) is 2.89. The van der Waals surface area contributed by atoms with Crippen molar-refractivity contribution in [2.75, 3.05) is 0 Å². The fourth-order valence-corrected chi connectivity index (χ4v) is 0.720. The first kappa shape index (κ1) is 11.8. The summed E-state index contributed by atoms with van der Waals surface area (Å²) in [6.07, 6.45) is 0. The third kappa shape index (κ3) is 12.5. The average molecular weight is 259 g/mol. The number of thiol groups is 1. The third-order valence-corrected chi connectivity index (χ3v) is 1.26. The summed E-state index contributed by atoms with van der Waals surface area (Å²) < 4.78 is 31.8. The van der Waals surface area contributed by atoms with Gasteiger partial charge in [-0.2, -0.15) is 13.2 Å². The van der Waals surface area contributed by atoms with Gasteiger partial charge in [0.2, 0.25) is 0 Å². The highest BCUT2D eigenvalue weighted by atomic mass is 79.9. The van der Waals surface area contributed by atoms with Gasteiger partial charge in [0.1, 0.15) is 0 Å². The summed E-state index contributed by atoms with van der Waals surface area (Å²) >= 11 is 5.43. The first-order chi connectivity index (χ1) is 5.39. The molecule has 0 aliphatic heterocycles. The maximum Gasteiger partial charge on any atom is 0.438 e. The molecule has 12 heavy (non-hydrogen) atoms. The molecule has 0 saturated heterocycles. The summed E-state index contributed by atoms with van der Waals surface area (Å²) in [6, 6.07) is 9.97. The molecule has 1 aromatic carbocycles. The molecule has 0 unspecified atom stereocenters. The molecule has 1 rings (SSSR count). The van der Waals surface area contributed by atoms with E-state index in [-0.39, 0.29) is 0 Å². The SMILES string of the molecule is Brc1ccccc1.FC(F)(F)S. The van der Waals surface area contributed by atoms with Crippen LogP contribution in [0.4, 0.5) is 13.2 Å². The molecule has 0 aliphatic carbocycles. The van der Waals surface area contributed by atoms with E-state index in [1.54, 1.807) is 0 Å². The van der Waals surface area contributed by atoms with Crippen LogP contribution in [-0.4, -0.2) is 5.51 Å². The van der Waals surface area contributed by atoms with Gasteiger partial charge in [-0.05, 0) is 12.1 Å². The van der Waals surface area contributed by atoms with Gasteiger partial charge < -0.3 is 0 Å². The van der Waals surface area contributed by atoms with E-state index in [4.69, 9.17) is 0 Å². The Morgan fingerprint density at radius 2 is 1.42 bits per heavy atom. The summed E-state index contributed by atoms with van der Waals surface area (Å²) in [5, 5.41) is 0. The normalized spacial score (nSPS) is 10.1. The molecular formula is C7H6BrF3S. The number of rotatable bonds is 0. The van der Waals surface area contributed by atoms with Crippen LogP contribution in [0.2, 0.25) is 0 Å². The summed E-state index contributed by atoms with van der Waals surface area (Å²) in [5.74, 6) is 0. The van der Waals surface area contributed by atoms with Crippen molar-refractivity contribution < 1.29 is 13.2 Å². The van der Waals surface area contributed by atoms with Crippen molar-refractivity contribution in [3.8, 4) is 0 Å². The number of alkyl halides is 3. The molecule has 0 amide bonds. The number of hydrogen-bond donors (Lipinski definition) is 1. The monoisotopic (exact) mass is 258 g/mol. The molecule has 68 valence electrons. The first-order valence-corrected chi connectivity index (χ1v) is 4.13. The van der Waals surface area contributed by atoms with Crippen LogP contribution in [0.5, 0.6) is 0 Å². The third-order valence-electron chi connectivity index (χ3n) is 0.733. The molecule has 0 bridgehead atoms. The molecule has 5 heteroatoms. The van der Waals surface area contributed by atoms with Gasteiger partial charge >= 0.3 is 5.51 Å². The second-order valence-corrected chi connectivity index (χ2v) is 3.19. The average Bonchev–Trinajstić information content (AvgIpc) is 1.85. The van der Waals surface area contributed by atoms with Gasteiger partial charge in [0.05, 0.1) is 0 Å². The largest absolute Gasteiger partial charge is 0.438 e. The van der Waals surface area contributed by atoms with E-state index in [1.165, 1.54) is 0 Å². The van der Waals surface area contributed by atoms with Gasteiger partial charge in [-0.1, -0.05) is 46.8 Å². The van der Waals surface area contributed by atoms with Gasteiger partial charge in [-0.15, -0.1) is 0 Å². The van der Waals surface area contributed by atoms with Crippen LogP contribution in [0.1, 0.15) is 0 Å². The Labute approximate surface area is 82.3 Å². The summed E-state index contributed by atoms with van der Waals surface area (Å²) in [7, 11) is 0. The Morgan fingerprint density at radius 3 is 1.58 bits per heavy atom. The van der Waals surface area contributed by atoms with Gasteiger partial charge in [0, 0.05) is 4.47 Å².